The van der Waals surface area contributed by atoms with E-state index in [1.165, 1.54) is 5.56 Å². The molecule has 2 rings (SSSR count). The van der Waals surface area contributed by atoms with E-state index in [9.17, 15) is 4.79 Å². The Balaban J connectivity index is 1.93. The fourth-order valence-corrected chi connectivity index (χ4v) is 2.90. The van der Waals surface area contributed by atoms with Gasteiger partial charge < -0.3 is 9.84 Å². The number of thiophene rings is 1. The van der Waals surface area contributed by atoms with Crippen LogP contribution in [-0.4, -0.2) is 17.6 Å². The zero-order valence-electron chi connectivity index (χ0n) is 12.3. The Bertz CT molecular complexity index is 566. The summed E-state index contributed by atoms with van der Waals surface area (Å²) in [6.07, 6.45) is 0.320. The van der Waals surface area contributed by atoms with E-state index in [0.29, 0.717) is 13.0 Å². The minimum atomic E-state index is -0.0611. The lowest BCUT2D eigenvalue weighted by Gasteiger charge is -2.24. The maximum atomic E-state index is 12.1. The number of hydrogen-bond donors (Lipinski definition) is 1. The summed E-state index contributed by atoms with van der Waals surface area (Å²) in [7, 11) is 0. The third-order valence-corrected chi connectivity index (χ3v) is 4.23. The highest BCUT2D eigenvalue weighted by Gasteiger charge is 2.22. The van der Waals surface area contributed by atoms with Gasteiger partial charge in [0.25, 0.3) is 0 Å². The first-order chi connectivity index (χ1) is 9.40. The van der Waals surface area contributed by atoms with Crippen LogP contribution >= 0.6 is 11.3 Å². The van der Waals surface area contributed by atoms with Crippen molar-refractivity contribution in [2.24, 2.45) is 0 Å². The normalized spacial score (nSPS) is 11.6. The molecule has 108 valence electrons. The van der Waals surface area contributed by atoms with E-state index in [1.54, 1.807) is 11.3 Å². The van der Waals surface area contributed by atoms with E-state index in [-0.39, 0.29) is 11.3 Å². The molecule has 5 heteroatoms. The lowest BCUT2D eigenvalue weighted by Crippen LogP contribution is -2.37. The Hall–Kier alpha value is -1.62. The summed E-state index contributed by atoms with van der Waals surface area (Å²) in [6.45, 7) is 8.56. The fraction of sp³-hybridized carbons (Fsp3) is 0.467. The minimum absolute atomic E-state index is 0.00250. The largest absolute Gasteiger partial charge is 0.361 e. The number of carbonyl (C=O) groups is 1. The molecule has 0 atom stereocenters. The third-order valence-electron chi connectivity index (χ3n) is 3.55. The Labute approximate surface area is 123 Å². The number of hydrogen-bond acceptors (Lipinski definition) is 4. The van der Waals surface area contributed by atoms with Crippen LogP contribution in [0.5, 0.6) is 0 Å². The van der Waals surface area contributed by atoms with Crippen LogP contribution in [0.1, 0.15) is 36.4 Å². The summed E-state index contributed by atoms with van der Waals surface area (Å²) in [5.41, 5.74) is 2.86. The molecule has 2 aromatic rings. The SMILES string of the molecule is Cc1noc(C)c1CC(=O)NCC(C)(C)c1ccsc1. The number of nitrogens with zero attached hydrogens (tertiary/aromatic N) is 1. The van der Waals surface area contributed by atoms with Crippen molar-refractivity contribution in [3.8, 4) is 0 Å². The Kier molecular flexibility index (Phi) is 4.28. The van der Waals surface area contributed by atoms with Crippen molar-refractivity contribution in [2.75, 3.05) is 6.54 Å². The third kappa shape index (κ3) is 3.28. The van der Waals surface area contributed by atoms with Crippen molar-refractivity contribution in [1.82, 2.24) is 10.5 Å². The predicted molar refractivity (Wildman–Crippen MR) is 80.0 cm³/mol. The summed E-state index contributed by atoms with van der Waals surface area (Å²) >= 11 is 1.68. The quantitative estimate of drug-likeness (QED) is 0.921. The molecule has 2 aromatic heterocycles. The molecule has 0 aliphatic rings. The molecule has 4 nitrogen and oxygen atoms in total. The second-order valence-electron chi connectivity index (χ2n) is 5.65. The van der Waals surface area contributed by atoms with Crippen LogP contribution in [0, 0.1) is 13.8 Å². The van der Waals surface area contributed by atoms with E-state index < -0.39 is 0 Å². The van der Waals surface area contributed by atoms with Crippen LogP contribution in [0.15, 0.2) is 21.3 Å². The van der Waals surface area contributed by atoms with Crippen molar-refractivity contribution in [3.05, 3.63) is 39.4 Å². The van der Waals surface area contributed by atoms with E-state index in [1.807, 2.05) is 13.8 Å². The Morgan fingerprint density at radius 3 is 2.75 bits per heavy atom. The Morgan fingerprint density at radius 2 is 2.20 bits per heavy atom. The summed E-state index contributed by atoms with van der Waals surface area (Å²) in [4.78, 5) is 12.1. The van der Waals surface area contributed by atoms with Crippen molar-refractivity contribution < 1.29 is 9.32 Å². The van der Waals surface area contributed by atoms with Crippen LogP contribution in [0.4, 0.5) is 0 Å². The number of amides is 1. The number of aromatic nitrogens is 1. The average molecular weight is 292 g/mol. The van der Waals surface area contributed by atoms with Gasteiger partial charge in [0.2, 0.25) is 5.91 Å². The molecule has 0 saturated carbocycles. The highest BCUT2D eigenvalue weighted by atomic mass is 32.1. The first-order valence-electron chi connectivity index (χ1n) is 6.61. The average Bonchev–Trinajstić information content (AvgIpc) is 3.02. The molecule has 2 heterocycles. The van der Waals surface area contributed by atoms with Gasteiger partial charge in [-0.3, -0.25) is 4.79 Å². The van der Waals surface area contributed by atoms with E-state index in [0.717, 1.165) is 17.0 Å². The van der Waals surface area contributed by atoms with E-state index in [4.69, 9.17) is 4.52 Å². The summed E-state index contributed by atoms with van der Waals surface area (Å²) in [5.74, 6) is 0.720. The molecule has 0 spiro atoms. The van der Waals surface area contributed by atoms with Gasteiger partial charge in [-0.25, -0.2) is 0 Å². The molecule has 0 unspecified atom stereocenters. The lowest BCUT2D eigenvalue weighted by atomic mass is 9.86. The maximum Gasteiger partial charge on any atom is 0.224 e. The fourth-order valence-electron chi connectivity index (χ4n) is 2.05. The van der Waals surface area contributed by atoms with Crippen LogP contribution in [0.2, 0.25) is 0 Å². The van der Waals surface area contributed by atoms with Crippen LogP contribution in [0.25, 0.3) is 0 Å². The van der Waals surface area contributed by atoms with Crippen molar-refractivity contribution in [1.29, 1.82) is 0 Å². The molecule has 0 bridgehead atoms. The molecule has 1 amide bonds. The highest BCUT2D eigenvalue weighted by molar-refractivity contribution is 7.08. The number of aryl methyl sites for hydroxylation is 2. The number of nitrogens with one attached hydrogen (secondary N) is 1. The molecule has 0 radical (unpaired) electrons. The van der Waals surface area contributed by atoms with Crippen LogP contribution in [0.3, 0.4) is 0 Å². The maximum absolute atomic E-state index is 12.1. The van der Waals surface area contributed by atoms with Crippen LogP contribution < -0.4 is 5.32 Å². The molecule has 20 heavy (non-hydrogen) atoms. The highest BCUT2D eigenvalue weighted by Crippen LogP contribution is 2.24. The van der Waals surface area contributed by atoms with E-state index in [2.05, 4.69) is 41.1 Å². The molecule has 0 saturated heterocycles. The summed E-state index contributed by atoms with van der Waals surface area (Å²) in [6, 6.07) is 2.10. The molecule has 0 aliphatic heterocycles. The predicted octanol–water partition coefficient (Wildman–Crippen LogP) is 2.99. The molecule has 0 fully saturated rings. The van der Waals surface area contributed by atoms with Crippen molar-refractivity contribution in [2.45, 2.75) is 39.5 Å². The lowest BCUT2D eigenvalue weighted by molar-refractivity contribution is -0.120. The van der Waals surface area contributed by atoms with Gasteiger partial charge in [-0.2, -0.15) is 11.3 Å². The van der Waals surface area contributed by atoms with Crippen molar-refractivity contribution >= 4 is 17.2 Å². The van der Waals surface area contributed by atoms with Gasteiger partial charge in [-0.1, -0.05) is 19.0 Å². The van der Waals surface area contributed by atoms with Gasteiger partial charge in [0, 0.05) is 17.5 Å². The van der Waals surface area contributed by atoms with Gasteiger partial charge >= 0.3 is 0 Å². The van der Waals surface area contributed by atoms with Gasteiger partial charge in [0.15, 0.2) is 0 Å². The molecule has 0 aromatic carbocycles. The topological polar surface area (TPSA) is 55.1 Å². The first-order valence-corrected chi connectivity index (χ1v) is 7.55. The van der Waals surface area contributed by atoms with Crippen LogP contribution in [-0.2, 0) is 16.6 Å². The molecule has 1 N–H and O–H groups in total. The molecular weight excluding hydrogens is 272 g/mol. The molecular formula is C15H20N2O2S. The first kappa shape index (κ1) is 14.8. The van der Waals surface area contributed by atoms with Gasteiger partial charge in [0.05, 0.1) is 12.1 Å². The monoisotopic (exact) mass is 292 g/mol. The summed E-state index contributed by atoms with van der Waals surface area (Å²) < 4.78 is 5.07. The van der Waals surface area contributed by atoms with Gasteiger partial charge in [-0.05, 0) is 36.2 Å². The molecule has 0 aliphatic carbocycles. The standard InChI is InChI=1S/C15H20N2O2S/c1-10-13(11(2)19-17-10)7-14(18)16-9-15(3,4)12-5-6-20-8-12/h5-6,8H,7,9H2,1-4H3,(H,16,18). The van der Waals surface area contributed by atoms with Gasteiger partial charge in [0.1, 0.15) is 5.76 Å². The van der Waals surface area contributed by atoms with Gasteiger partial charge in [-0.15, -0.1) is 0 Å². The zero-order valence-corrected chi connectivity index (χ0v) is 13.1. The number of rotatable bonds is 5. The second kappa shape index (κ2) is 5.79. The Morgan fingerprint density at radius 1 is 1.45 bits per heavy atom. The summed E-state index contributed by atoms with van der Waals surface area (Å²) in [5, 5.41) is 11.0. The smallest absolute Gasteiger partial charge is 0.224 e. The zero-order chi connectivity index (χ0) is 14.8. The number of carbonyl (C=O) groups excluding carboxylic acids is 1. The van der Waals surface area contributed by atoms with Crippen molar-refractivity contribution in [3.63, 3.8) is 0 Å². The minimum Gasteiger partial charge on any atom is -0.361 e. The second-order valence-corrected chi connectivity index (χ2v) is 6.43. The van der Waals surface area contributed by atoms with E-state index >= 15 is 0 Å².